The molecular formula is C10H16N4O2. The summed E-state index contributed by atoms with van der Waals surface area (Å²) in [7, 11) is 1.88. The molecule has 0 amide bonds. The van der Waals surface area contributed by atoms with Gasteiger partial charge in [-0.1, -0.05) is 0 Å². The second-order valence-electron chi connectivity index (χ2n) is 3.74. The Hall–Kier alpha value is -1.40. The molecule has 0 spiro atoms. The van der Waals surface area contributed by atoms with Gasteiger partial charge in [0.05, 0.1) is 12.7 Å². The maximum absolute atomic E-state index is 11.6. The van der Waals surface area contributed by atoms with E-state index in [0.717, 1.165) is 6.54 Å². The van der Waals surface area contributed by atoms with Gasteiger partial charge in [0, 0.05) is 32.0 Å². The monoisotopic (exact) mass is 224 g/mol. The Morgan fingerprint density at radius 2 is 2.62 bits per heavy atom. The molecule has 1 aliphatic rings. The molecule has 2 heterocycles. The average molecular weight is 224 g/mol. The Kier molecular flexibility index (Phi) is 3.53. The van der Waals surface area contributed by atoms with Crippen LogP contribution in [0.25, 0.3) is 0 Å². The number of rotatable bonds is 3. The van der Waals surface area contributed by atoms with E-state index in [1.165, 1.54) is 6.20 Å². The maximum atomic E-state index is 11.6. The number of aromatic amines is 1. The predicted octanol–water partition coefficient (Wildman–Crippen LogP) is -0.805. The molecule has 0 bridgehead atoms. The summed E-state index contributed by atoms with van der Waals surface area (Å²) in [5.41, 5.74) is -0.146. The van der Waals surface area contributed by atoms with Crippen molar-refractivity contribution in [1.29, 1.82) is 0 Å². The van der Waals surface area contributed by atoms with Gasteiger partial charge in [0.2, 0.25) is 0 Å². The van der Waals surface area contributed by atoms with Crippen molar-refractivity contribution >= 4 is 5.82 Å². The molecule has 1 aromatic rings. The number of anilines is 1. The number of hydrogen-bond donors (Lipinski definition) is 2. The van der Waals surface area contributed by atoms with Crippen molar-refractivity contribution in [2.45, 2.75) is 6.10 Å². The first kappa shape index (κ1) is 11.1. The lowest BCUT2D eigenvalue weighted by atomic mass is 10.2. The lowest BCUT2D eigenvalue weighted by molar-refractivity contribution is 0.0418. The molecule has 0 aliphatic carbocycles. The normalized spacial score (nSPS) is 21.1. The topological polar surface area (TPSA) is 70.2 Å². The highest BCUT2D eigenvalue weighted by molar-refractivity contribution is 5.35. The first-order chi connectivity index (χ1) is 7.81. The molecule has 0 radical (unpaired) electrons. The lowest BCUT2D eigenvalue weighted by Crippen LogP contribution is -2.48. The molecule has 0 saturated carbocycles. The second kappa shape index (κ2) is 5.09. The molecule has 1 atom stereocenters. The molecule has 1 fully saturated rings. The van der Waals surface area contributed by atoms with Gasteiger partial charge in [-0.05, 0) is 7.05 Å². The molecule has 2 N–H and O–H groups in total. The Balaban J connectivity index is 2.10. The largest absolute Gasteiger partial charge is 0.373 e. The fourth-order valence-electron chi connectivity index (χ4n) is 1.83. The van der Waals surface area contributed by atoms with E-state index in [4.69, 9.17) is 4.74 Å². The molecule has 1 saturated heterocycles. The average Bonchev–Trinajstić information content (AvgIpc) is 2.30. The highest BCUT2D eigenvalue weighted by Crippen LogP contribution is 2.09. The first-order valence-corrected chi connectivity index (χ1v) is 5.36. The van der Waals surface area contributed by atoms with Crippen LogP contribution in [-0.2, 0) is 4.74 Å². The van der Waals surface area contributed by atoms with Crippen molar-refractivity contribution in [2.75, 3.05) is 38.2 Å². The van der Waals surface area contributed by atoms with Crippen molar-refractivity contribution < 1.29 is 4.74 Å². The number of nitrogens with one attached hydrogen (secondary N) is 2. The second-order valence-corrected chi connectivity index (χ2v) is 3.74. The summed E-state index contributed by atoms with van der Waals surface area (Å²) in [5, 5.41) is 3.07. The fourth-order valence-corrected chi connectivity index (χ4v) is 1.83. The Bertz CT molecular complexity index is 390. The fraction of sp³-hybridized carbons (Fsp3) is 0.600. The highest BCUT2D eigenvalue weighted by Gasteiger charge is 2.22. The van der Waals surface area contributed by atoms with Gasteiger partial charge in [-0.15, -0.1) is 0 Å². The Morgan fingerprint density at radius 1 is 1.75 bits per heavy atom. The van der Waals surface area contributed by atoms with Gasteiger partial charge in [-0.2, -0.15) is 0 Å². The van der Waals surface area contributed by atoms with Crippen molar-refractivity contribution in [3.8, 4) is 0 Å². The summed E-state index contributed by atoms with van der Waals surface area (Å²) in [6.07, 6.45) is 3.25. The number of ether oxygens (including phenoxy) is 1. The molecule has 16 heavy (non-hydrogen) atoms. The van der Waals surface area contributed by atoms with E-state index in [0.29, 0.717) is 25.5 Å². The van der Waals surface area contributed by atoms with Gasteiger partial charge in [0.15, 0.2) is 5.82 Å². The molecule has 6 nitrogen and oxygen atoms in total. The van der Waals surface area contributed by atoms with Crippen LogP contribution in [0, 0.1) is 0 Å². The van der Waals surface area contributed by atoms with Gasteiger partial charge in [0.1, 0.15) is 0 Å². The SMILES string of the molecule is CNCC1CN(c2ncc[nH]c2=O)CCO1. The van der Waals surface area contributed by atoms with Crippen LogP contribution in [0.1, 0.15) is 0 Å². The number of nitrogens with zero attached hydrogens (tertiary/aromatic N) is 2. The number of likely N-dealkylation sites (N-methyl/N-ethyl adjacent to an activating group) is 1. The minimum absolute atomic E-state index is 0.111. The van der Waals surface area contributed by atoms with Crippen LogP contribution in [0.4, 0.5) is 5.82 Å². The third-order valence-corrected chi connectivity index (χ3v) is 2.56. The van der Waals surface area contributed by atoms with Gasteiger partial charge < -0.3 is 19.9 Å². The van der Waals surface area contributed by atoms with Crippen LogP contribution in [0.3, 0.4) is 0 Å². The van der Waals surface area contributed by atoms with Crippen LogP contribution in [0.5, 0.6) is 0 Å². The predicted molar refractivity (Wildman–Crippen MR) is 60.7 cm³/mol. The Morgan fingerprint density at radius 3 is 3.38 bits per heavy atom. The molecule has 1 aromatic heterocycles. The molecule has 2 rings (SSSR count). The summed E-state index contributed by atoms with van der Waals surface area (Å²) >= 11 is 0. The maximum Gasteiger partial charge on any atom is 0.290 e. The standard InChI is InChI=1S/C10H16N4O2/c1-11-6-8-7-14(4-5-16-8)9-10(15)13-3-2-12-9/h2-3,8,11H,4-7H2,1H3,(H,13,15). The van der Waals surface area contributed by atoms with E-state index >= 15 is 0 Å². The summed E-state index contributed by atoms with van der Waals surface area (Å²) in [6.45, 7) is 2.81. The third-order valence-electron chi connectivity index (χ3n) is 2.56. The quantitative estimate of drug-likeness (QED) is 0.703. The van der Waals surface area contributed by atoms with E-state index in [2.05, 4.69) is 15.3 Å². The summed E-state index contributed by atoms with van der Waals surface area (Å²) in [4.78, 5) is 20.3. The van der Waals surface area contributed by atoms with Crippen molar-refractivity contribution in [3.63, 3.8) is 0 Å². The van der Waals surface area contributed by atoms with Crippen molar-refractivity contribution in [1.82, 2.24) is 15.3 Å². The van der Waals surface area contributed by atoms with Gasteiger partial charge in [0.25, 0.3) is 5.56 Å². The molecule has 1 aliphatic heterocycles. The van der Waals surface area contributed by atoms with Gasteiger partial charge in [-0.3, -0.25) is 4.79 Å². The Labute approximate surface area is 93.6 Å². The van der Waals surface area contributed by atoms with E-state index in [9.17, 15) is 4.79 Å². The molecule has 0 aromatic carbocycles. The van der Waals surface area contributed by atoms with Gasteiger partial charge in [-0.25, -0.2) is 4.98 Å². The van der Waals surface area contributed by atoms with E-state index in [-0.39, 0.29) is 11.7 Å². The number of H-pyrrole nitrogens is 1. The molecule has 88 valence electrons. The summed E-state index contributed by atoms with van der Waals surface area (Å²) in [6, 6.07) is 0. The van der Waals surface area contributed by atoms with Crippen LogP contribution in [0.2, 0.25) is 0 Å². The zero-order valence-corrected chi connectivity index (χ0v) is 9.27. The van der Waals surface area contributed by atoms with Crippen molar-refractivity contribution in [2.24, 2.45) is 0 Å². The first-order valence-electron chi connectivity index (χ1n) is 5.36. The molecular weight excluding hydrogens is 208 g/mol. The lowest BCUT2D eigenvalue weighted by Gasteiger charge is -2.32. The zero-order chi connectivity index (χ0) is 11.4. The number of aromatic nitrogens is 2. The van der Waals surface area contributed by atoms with E-state index < -0.39 is 0 Å². The van der Waals surface area contributed by atoms with E-state index in [1.807, 2.05) is 11.9 Å². The van der Waals surface area contributed by atoms with Crippen LogP contribution >= 0.6 is 0 Å². The number of hydrogen-bond acceptors (Lipinski definition) is 5. The van der Waals surface area contributed by atoms with E-state index in [1.54, 1.807) is 6.20 Å². The molecule has 6 heteroatoms. The zero-order valence-electron chi connectivity index (χ0n) is 9.27. The van der Waals surface area contributed by atoms with Gasteiger partial charge >= 0.3 is 0 Å². The minimum Gasteiger partial charge on any atom is -0.373 e. The van der Waals surface area contributed by atoms with Crippen LogP contribution < -0.4 is 15.8 Å². The minimum atomic E-state index is -0.146. The van der Waals surface area contributed by atoms with Crippen LogP contribution in [-0.4, -0.2) is 49.4 Å². The molecule has 1 unspecified atom stereocenters. The number of morpholine rings is 1. The van der Waals surface area contributed by atoms with Crippen LogP contribution in [0.15, 0.2) is 17.2 Å². The van der Waals surface area contributed by atoms with Crippen molar-refractivity contribution in [3.05, 3.63) is 22.7 Å². The summed E-state index contributed by atoms with van der Waals surface area (Å²) in [5.74, 6) is 0.479. The summed E-state index contributed by atoms with van der Waals surface area (Å²) < 4.78 is 5.57. The smallest absolute Gasteiger partial charge is 0.290 e. The highest BCUT2D eigenvalue weighted by atomic mass is 16.5. The third kappa shape index (κ3) is 2.40.